The normalized spacial score (nSPS) is 24.2. The maximum absolute atomic E-state index is 9.48. The largest absolute Gasteiger partial charge is 0.397 e. The number of nitrogens with two attached hydrogens (primary N) is 2. The lowest BCUT2D eigenvalue weighted by Crippen LogP contribution is -2.89. The van der Waals surface area contributed by atoms with Gasteiger partial charge in [0.05, 0.1) is 17.8 Å². The van der Waals surface area contributed by atoms with Crippen LogP contribution in [0, 0.1) is 0 Å². The van der Waals surface area contributed by atoms with Gasteiger partial charge in [-0.2, -0.15) is 0 Å². The second kappa shape index (κ2) is 6.37. The highest BCUT2D eigenvalue weighted by molar-refractivity contribution is 9.11. The SMILES string of the molecule is Nc1c(Br)cc(Br)cc1C[NH2+]C1CCC(O)CC1. The van der Waals surface area contributed by atoms with Gasteiger partial charge in [0.1, 0.15) is 6.54 Å². The van der Waals surface area contributed by atoms with Gasteiger partial charge in [-0.25, -0.2) is 0 Å². The number of anilines is 1. The molecule has 0 spiro atoms. The molecule has 5 heteroatoms. The summed E-state index contributed by atoms with van der Waals surface area (Å²) in [5, 5.41) is 11.8. The third-order valence-electron chi connectivity index (χ3n) is 3.59. The van der Waals surface area contributed by atoms with Crippen LogP contribution in [0.1, 0.15) is 31.2 Å². The minimum atomic E-state index is -0.0836. The summed E-state index contributed by atoms with van der Waals surface area (Å²) in [5.74, 6) is 0. The van der Waals surface area contributed by atoms with Crippen LogP contribution in [0.2, 0.25) is 0 Å². The number of aliphatic hydroxyl groups is 1. The average Bonchev–Trinajstić information content (AvgIpc) is 2.34. The lowest BCUT2D eigenvalue weighted by atomic mass is 9.93. The van der Waals surface area contributed by atoms with Crippen LogP contribution < -0.4 is 11.1 Å². The Morgan fingerprint density at radius 2 is 1.89 bits per heavy atom. The molecule has 0 atom stereocenters. The number of benzene rings is 1. The minimum absolute atomic E-state index is 0.0836. The number of nitrogen functional groups attached to an aromatic ring is 1. The first-order valence-corrected chi connectivity index (χ1v) is 7.89. The van der Waals surface area contributed by atoms with Gasteiger partial charge in [-0.15, -0.1) is 0 Å². The molecule has 1 aromatic carbocycles. The molecule has 0 radical (unpaired) electrons. The molecule has 1 aromatic rings. The highest BCUT2D eigenvalue weighted by atomic mass is 79.9. The first-order chi connectivity index (χ1) is 8.56. The van der Waals surface area contributed by atoms with Gasteiger partial charge in [-0.3, -0.25) is 0 Å². The average molecular weight is 379 g/mol. The number of hydrogen-bond donors (Lipinski definition) is 3. The molecule has 100 valence electrons. The fourth-order valence-electron chi connectivity index (χ4n) is 2.44. The van der Waals surface area contributed by atoms with Crippen LogP contribution in [0.5, 0.6) is 0 Å². The van der Waals surface area contributed by atoms with E-state index in [1.807, 2.05) is 6.07 Å². The maximum Gasteiger partial charge on any atom is 0.104 e. The zero-order valence-electron chi connectivity index (χ0n) is 10.2. The highest BCUT2D eigenvalue weighted by Gasteiger charge is 2.21. The Bertz CT molecular complexity index is 418. The Balaban J connectivity index is 1.94. The number of rotatable bonds is 3. The van der Waals surface area contributed by atoms with E-state index in [9.17, 15) is 5.11 Å². The molecule has 1 saturated carbocycles. The van der Waals surface area contributed by atoms with Crippen LogP contribution in [-0.4, -0.2) is 17.3 Å². The van der Waals surface area contributed by atoms with E-state index in [0.717, 1.165) is 52.4 Å². The summed E-state index contributed by atoms with van der Waals surface area (Å²) in [5.41, 5.74) is 8.04. The molecule has 0 aliphatic heterocycles. The first-order valence-electron chi connectivity index (χ1n) is 6.31. The van der Waals surface area contributed by atoms with Gasteiger partial charge in [0.25, 0.3) is 0 Å². The summed E-state index contributed by atoms with van der Waals surface area (Å²) in [6.45, 7) is 0.893. The van der Waals surface area contributed by atoms with Crippen molar-refractivity contribution in [1.82, 2.24) is 0 Å². The van der Waals surface area contributed by atoms with Gasteiger partial charge >= 0.3 is 0 Å². The summed E-state index contributed by atoms with van der Waals surface area (Å²) in [4.78, 5) is 0. The highest BCUT2D eigenvalue weighted by Crippen LogP contribution is 2.27. The van der Waals surface area contributed by atoms with Crippen LogP contribution in [0.3, 0.4) is 0 Å². The van der Waals surface area contributed by atoms with E-state index in [0.29, 0.717) is 6.04 Å². The molecule has 0 unspecified atom stereocenters. The van der Waals surface area contributed by atoms with Crippen molar-refractivity contribution in [2.75, 3.05) is 5.73 Å². The van der Waals surface area contributed by atoms with E-state index < -0.39 is 0 Å². The van der Waals surface area contributed by atoms with Crippen molar-refractivity contribution in [2.24, 2.45) is 0 Å². The Morgan fingerprint density at radius 3 is 2.56 bits per heavy atom. The molecule has 0 saturated heterocycles. The van der Waals surface area contributed by atoms with Crippen molar-refractivity contribution in [3.05, 3.63) is 26.6 Å². The fourth-order valence-corrected chi connectivity index (χ4v) is 3.75. The van der Waals surface area contributed by atoms with Gasteiger partial charge in [0, 0.05) is 27.4 Å². The minimum Gasteiger partial charge on any atom is -0.397 e. The Morgan fingerprint density at radius 1 is 1.22 bits per heavy atom. The summed E-state index contributed by atoms with van der Waals surface area (Å²) in [6, 6.07) is 4.66. The second-order valence-electron chi connectivity index (χ2n) is 4.97. The molecule has 2 rings (SSSR count). The lowest BCUT2D eigenvalue weighted by Gasteiger charge is -2.24. The predicted molar refractivity (Wildman–Crippen MR) is 80.1 cm³/mol. The summed E-state index contributed by atoms with van der Waals surface area (Å²) in [6.07, 6.45) is 3.96. The van der Waals surface area contributed by atoms with Crippen molar-refractivity contribution in [3.63, 3.8) is 0 Å². The molecule has 3 nitrogen and oxygen atoms in total. The monoisotopic (exact) mass is 377 g/mol. The van der Waals surface area contributed by atoms with E-state index in [1.165, 1.54) is 0 Å². The molecule has 1 aliphatic carbocycles. The lowest BCUT2D eigenvalue weighted by molar-refractivity contribution is -0.707. The Hall–Kier alpha value is -0.100. The van der Waals surface area contributed by atoms with Crippen LogP contribution in [-0.2, 0) is 6.54 Å². The fraction of sp³-hybridized carbons (Fsp3) is 0.538. The van der Waals surface area contributed by atoms with Crippen molar-refractivity contribution >= 4 is 37.5 Å². The van der Waals surface area contributed by atoms with Gasteiger partial charge in [0.15, 0.2) is 0 Å². The number of quaternary nitrogens is 1. The smallest absolute Gasteiger partial charge is 0.104 e. The summed E-state index contributed by atoms with van der Waals surface area (Å²) < 4.78 is 1.99. The van der Waals surface area contributed by atoms with Crippen molar-refractivity contribution in [3.8, 4) is 0 Å². The third kappa shape index (κ3) is 3.70. The zero-order valence-corrected chi connectivity index (χ0v) is 13.4. The van der Waals surface area contributed by atoms with Crippen molar-refractivity contribution in [1.29, 1.82) is 0 Å². The molecular weight excluding hydrogens is 360 g/mol. The van der Waals surface area contributed by atoms with E-state index in [2.05, 4.69) is 43.2 Å². The maximum atomic E-state index is 9.48. The summed E-state index contributed by atoms with van der Waals surface area (Å²) >= 11 is 6.96. The van der Waals surface area contributed by atoms with Crippen LogP contribution in [0.4, 0.5) is 5.69 Å². The zero-order chi connectivity index (χ0) is 13.1. The van der Waals surface area contributed by atoms with Crippen molar-refractivity contribution in [2.45, 2.75) is 44.4 Å². The standard InChI is InChI=1S/C13H18Br2N2O/c14-9-5-8(13(16)12(15)6-9)7-17-10-1-3-11(18)4-2-10/h5-6,10-11,17-18H,1-4,7,16H2/p+1. The Labute approximate surface area is 124 Å². The number of halogens is 2. The molecule has 0 amide bonds. The van der Waals surface area contributed by atoms with Gasteiger partial charge < -0.3 is 16.2 Å². The molecule has 0 bridgehead atoms. The van der Waals surface area contributed by atoms with Gasteiger partial charge in [-0.05, 0) is 40.9 Å². The number of hydrogen-bond acceptors (Lipinski definition) is 2. The van der Waals surface area contributed by atoms with Crippen LogP contribution in [0.25, 0.3) is 0 Å². The Kier molecular flexibility index (Phi) is 5.06. The van der Waals surface area contributed by atoms with E-state index in [1.54, 1.807) is 0 Å². The molecule has 1 aliphatic rings. The van der Waals surface area contributed by atoms with Crippen molar-refractivity contribution < 1.29 is 10.4 Å². The van der Waals surface area contributed by atoms with Crippen LogP contribution >= 0.6 is 31.9 Å². The van der Waals surface area contributed by atoms with E-state index >= 15 is 0 Å². The molecule has 5 N–H and O–H groups in total. The molecule has 0 aromatic heterocycles. The van der Waals surface area contributed by atoms with Gasteiger partial charge in [0.2, 0.25) is 0 Å². The molecule has 0 heterocycles. The first kappa shape index (κ1) is 14.3. The second-order valence-corrected chi connectivity index (χ2v) is 6.74. The quantitative estimate of drug-likeness (QED) is 0.705. The molecular formula is C13H19Br2N2O+. The predicted octanol–water partition coefficient (Wildman–Crippen LogP) is 2.16. The van der Waals surface area contributed by atoms with E-state index in [4.69, 9.17) is 5.73 Å². The van der Waals surface area contributed by atoms with Gasteiger partial charge in [-0.1, -0.05) is 15.9 Å². The summed E-state index contributed by atoms with van der Waals surface area (Å²) in [7, 11) is 0. The molecule has 18 heavy (non-hydrogen) atoms. The number of aliphatic hydroxyl groups excluding tert-OH is 1. The van der Waals surface area contributed by atoms with Crippen LogP contribution in [0.15, 0.2) is 21.1 Å². The van der Waals surface area contributed by atoms with E-state index in [-0.39, 0.29) is 6.10 Å². The molecule has 1 fully saturated rings. The third-order valence-corrected chi connectivity index (χ3v) is 4.71. The topological polar surface area (TPSA) is 62.9 Å².